The topological polar surface area (TPSA) is 85.4 Å². The Morgan fingerprint density at radius 3 is 2.45 bits per heavy atom. The van der Waals surface area contributed by atoms with E-state index in [2.05, 4.69) is 10.3 Å². The van der Waals surface area contributed by atoms with Crippen molar-refractivity contribution >= 4 is 46.8 Å². The van der Waals surface area contributed by atoms with Crippen LogP contribution in [0.5, 0.6) is 0 Å². The summed E-state index contributed by atoms with van der Waals surface area (Å²) in [6.07, 6.45) is 3.80. The van der Waals surface area contributed by atoms with Gasteiger partial charge in [-0.15, -0.1) is 12.4 Å². The smallest absolute Gasteiger partial charge is 0.338 e. The zero-order valence-corrected chi connectivity index (χ0v) is 19.7. The molecule has 1 heterocycles. The number of anilines is 1. The highest BCUT2D eigenvalue weighted by atomic mass is 35.5. The molecule has 0 bridgehead atoms. The molecular weight excluding hydrogens is 460 g/mol. The number of halogens is 1. The first-order valence-electron chi connectivity index (χ1n) is 10.2. The second-order valence-corrected chi connectivity index (χ2v) is 8.39. The van der Waals surface area contributed by atoms with Crippen LogP contribution >= 0.6 is 24.2 Å². The van der Waals surface area contributed by atoms with Crippen molar-refractivity contribution in [3.8, 4) is 0 Å². The molecule has 2 aromatic carbocycles. The second-order valence-electron chi connectivity index (χ2n) is 7.20. The van der Waals surface area contributed by atoms with E-state index < -0.39 is 11.9 Å². The van der Waals surface area contributed by atoms with E-state index in [1.165, 1.54) is 6.92 Å². The third kappa shape index (κ3) is 8.71. The van der Waals surface area contributed by atoms with Crippen LogP contribution in [-0.2, 0) is 27.4 Å². The largest absolute Gasteiger partial charge is 0.457 e. The van der Waals surface area contributed by atoms with Crippen molar-refractivity contribution in [3.63, 3.8) is 0 Å². The van der Waals surface area contributed by atoms with Crippen LogP contribution in [-0.4, -0.2) is 27.7 Å². The number of nitrogens with zero attached hydrogens (tertiary/aromatic N) is 1. The maximum absolute atomic E-state index is 13.0. The average Bonchev–Trinajstić information content (AvgIpc) is 2.81. The van der Waals surface area contributed by atoms with Crippen LogP contribution in [0.2, 0.25) is 0 Å². The summed E-state index contributed by atoms with van der Waals surface area (Å²) in [7, 11) is 0. The maximum atomic E-state index is 13.0. The molecular formula is C25H25ClN2O4S. The summed E-state index contributed by atoms with van der Waals surface area (Å²) in [4.78, 5) is 40.8. The van der Waals surface area contributed by atoms with Gasteiger partial charge >= 0.3 is 5.97 Å². The van der Waals surface area contributed by atoms with E-state index in [4.69, 9.17) is 4.74 Å². The molecule has 1 atom stereocenters. The van der Waals surface area contributed by atoms with Gasteiger partial charge in [-0.1, -0.05) is 54.2 Å². The van der Waals surface area contributed by atoms with Gasteiger partial charge in [0, 0.05) is 36.3 Å². The number of carbonyl (C=O) groups excluding carboxylic acids is 3. The minimum absolute atomic E-state index is 0. The van der Waals surface area contributed by atoms with E-state index >= 15 is 0 Å². The maximum Gasteiger partial charge on any atom is 0.338 e. The first-order valence-corrected chi connectivity index (χ1v) is 11.1. The number of ether oxygens (including phenoxy) is 1. The van der Waals surface area contributed by atoms with Gasteiger partial charge in [-0.25, -0.2) is 4.79 Å². The summed E-state index contributed by atoms with van der Waals surface area (Å²) in [5.74, 6) is -0.711. The number of benzene rings is 2. The summed E-state index contributed by atoms with van der Waals surface area (Å²) in [6, 6.07) is 19.9. The molecule has 0 aliphatic rings. The Hall–Kier alpha value is -3.16. The number of aromatic nitrogens is 1. The Morgan fingerprint density at radius 1 is 1.00 bits per heavy atom. The highest BCUT2D eigenvalue weighted by Gasteiger charge is 2.21. The Kier molecular flexibility index (Phi) is 10.6. The van der Waals surface area contributed by atoms with Crippen molar-refractivity contribution in [1.82, 2.24) is 4.98 Å². The van der Waals surface area contributed by atoms with Crippen LogP contribution in [0.1, 0.15) is 28.4 Å². The lowest BCUT2D eigenvalue weighted by atomic mass is 10.00. The number of hydrogen-bond acceptors (Lipinski definition) is 6. The fourth-order valence-electron chi connectivity index (χ4n) is 3.03. The van der Waals surface area contributed by atoms with Gasteiger partial charge in [0.1, 0.15) is 6.61 Å². The lowest BCUT2D eigenvalue weighted by Crippen LogP contribution is -2.27. The molecule has 0 fully saturated rings. The van der Waals surface area contributed by atoms with Crippen molar-refractivity contribution in [1.29, 1.82) is 0 Å². The van der Waals surface area contributed by atoms with E-state index in [9.17, 15) is 14.4 Å². The van der Waals surface area contributed by atoms with E-state index in [1.54, 1.807) is 42.7 Å². The van der Waals surface area contributed by atoms with Gasteiger partial charge in [0.15, 0.2) is 5.12 Å². The average molecular weight is 485 g/mol. The number of amides is 1. The van der Waals surface area contributed by atoms with Gasteiger partial charge in [0.2, 0.25) is 5.91 Å². The van der Waals surface area contributed by atoms with Crippen molar-refractivity contribution in [3.05, 3.63) is 95.8 Å². The minimum atomic E-state index is -0.488. The van der Waals surface area contributed by atoms with Crippen molar-refractivity contribution < 1.29 is 19.1 Å². The molecule has 0 spiro atoms. The fraction of sp³-hybridized carbons (Fsp3) is 0.200. The number of esters is 1. The Bertz CT molecular complexity index is 1060. The number of thioether (sulfide) groups is 1. The van der Waals surface area contributed by atoms with Crippen molar-refractivity contribution in [2.24, 2.45) is 5.92 Å². The number of carbonyl (C=O) groups is 3. The van der Waals surface area contributed by atoms with Crippen LogP contribution in [0.3, 0.4) is 0 Å². The predicted molar refractivity (Wildman–Crippen MR) is 132 cm³/mol. The lowest BCUT2D eigenvalue weighted by Gasteiger charge is -2.16. The van der Waals surface area contributed by atoms with E-state index in [1.807, 2.05) is 36.4 Å². The summed E-state index contributed by atoms with van der Waals surface area (Å²) < 4.78 is 5.33. The Labute approximate surface area is 203 Å². The fourth-order valence-corrected chi connectivity index (χ4v) is 3.73. The Morgan fingerprint density at radius 2 is 1.76 bits per heavy atom. The first kappa shape index (κ1) is 26.1. The normalized spacial score (nSPS) is 11.1. The van der Waals surface area contributed by atoms with Crippen molar-refractivity contribution in [2.75, 3.05) is 11.1 Å². The molecule has 3 rings (SSSR count). The van der Waals surface area contributed by atoms with Crippen LogP contribution in [0.25, 0.3) is 0 Å². The SMILES string of the molecule is CC(=O)SCC(Cc1ccccc1)C(=O)Nc1cccc(C(=O)OCc2cccnc2)c1.Cl. The van der Waals surface area contributed by atoms with Crippen LogP contribution in [0, 0.1) is 5.92 Å². The van der Waals surface area contributed by atoms with E-state index in [0.29, 0.717) is 23.4 Å². The van der Waals surface area contributed by atoms with Crippen LogP contribution in [0.15, 0.2) is 79.1 Å². The molecule has 0 radical (unpaired) electrons. The number of nitrogens with one attached hydrogen (secondary N) is 1. The van der Waals surface area contributed by atoms with Gasteiger partial charge in [-0.05, 0) is 36.2 Å². The highest BCUT2D eigenvalue weighted by Crippen LogP contribution is 2.19. The van der Waals surface area contributed by atoms with E-state index in [-0.39, 0.29) is 30.0 Å². The molecule has 0 saturated carbocycles. The molecule has 0 saturated heterocycles. The predicted octanol–water partition coefficient (Wildman–Crippen LogP) is 4.94. The number of rotatable bonds is 9. The lowest BCUT2D eigenvalue weighted by molar-refractivity contribution is -0.119. The standard InChI is InChI=1S/C25H24N2O4S.ClH/c1-18(28)32-17-22(13-19-7-3-2-4-8-19)24(29)27-23-11-5-10-21(14-23)25(30)31-16-20-9-6-12-26-15-20;/h2-12,14-15,22H,13,16-17H2,1H3,(H,27,29);1H. The van der Waals surface area contributed by atoms with Crippen LogP contribution in [0.4, 0.5) is 5.69 Å². The summed E-state index contributed by atoms with van der Waals surface area (Å²) >= 11 is 1.13. The van der Waals surface area contributed by atoms with Crippen LogP contribution < -0.4 is 5.32 Å². The zero-order chi connectivity index (χ0) is 22.8. The molecule has 0 aliphatic carbocycles. The molecule has 3 aromatic rings. The summed E-state index contributed by atoms with van der Waals surface area (Å²) in [5.41, 5.74) is 2.64. The van der Waals surface area contributed by atoms with Gasteiger partial charge < -0.3 is 10.1 Å². The number of hydrogen-bond donors (Lipinski definition) is 1. The molecule has 1 N–H and O–H groups in total. The van der Waals surface area contributed by atoms with Crippen molar-refractivity contribution in [2.45, 2.75) is 20.0 Å². The van der Waals surface area contributed by atoms with E-state index in [0.717, 1.165) is 22.9 Å². The summed E-state index contributed by atoms with van der Waals surface area (Å²) in [5, 5.41) is 2.84. The third-order valence-corrected chi connectivity index (χ3v) is 5.62. The molecule has 1 aromatic heterocycles. The minimum Gasteiger partial charge on any atom is -0.457 e. The van der Waals surface area contributed by atoms with Gasteiger partial charge in [-0.2, -0.15) is 0 Å². The molecule has 8 heteroatoms. The highest BCUT2D eigenvalue weighted by molar-refractivity contribution is 8.13. The van der Waals surface area contributed by atoms with Gasteiger partial charge in [-0.3, -0.25) is 14.6 Å². The monoisotopic (exact) mass is 484 g/mol. The third-order valence-electron chi connectivity index (χ3n) is 4.64. The van der Waals surface area contributed by atoms with Gasteiger partial charge in [0.25, 0.3) is 0 Å². The molecule has 0 aliphatic heterocycles. The zero-order valence-electron chi connectivity index (χ0n) is 18.1. The Balaban J connectivity index is 0.00000385. The second kappa shape index (κ2) is 13.4. The molecule has 6 nitrogen and oxygen atoms in total. The quantitative estimate of drug-likeness (QED) is 0.433. The molecule has 1 unspecified atom stereocenters. The van der Waals surface area contributed by atoms with Gasteiger partial charge in [0.05, 0.1) is 11.5 Å². The molecule has 1 amide bonds. The molecule has 172 valence electrons. The number of pyridine rings is 1. The molecule has 33 heavy (non-hydrogen) atoms. The summed E-state index contributed by atoms with van der Waals surface area (Å²) in [6.45, 7) is 1.60. The first-order chi connectivity index (χ1) is 15.5.